The summed E-state index contributed by atoms with van der Waals surface area (Å²) in [6.45, 7) is 11.7. The highest BCUT2D eigenvalue weighted by molar-refractivity contribution is 5.57. The molecule has 118 valence electrons. The standard InChI is InChI=1S/C16H29N5/c1-6-17-15-12(4)16(20-14(19-15)11(2)3)18-13-7-9-21(5)10-8-13/h11,13H,6-10H2,1-5H3,(H2,17,18,19,20). The van der Waals surface area contributed by atoms with E-state index < -0.39 is 0 Å². The van der Waals surface area contributed by atoms with Crippen LogP contribution in [-0.2, 0) is 0 Å². The minimum atomic E-state index is 0.334. The molecule has 1 aromatic heterocycles. The van der Waals surface area contributed by atoms with E-state index in [1.807, 2.05) is 0 Å². The zero-order chi connectivity index (χ0) is 15.4. The smallest absolute Gasteiger partial charge is 0.135 e. The second kappa shape index (κ2) is 7.07. The van der Waals surface area contributed by atoms with E-state index in [4.69, 9.17) is 4.98 Å². The highest BCUT2D eigenvalue weighted by Gasteiger charge is 2.19. The van der Waals surface area contributed by atoms with Gasteiger partial charge in [-0.2, -0.15) is 0 Å². The molecule has 1 fully saturated rings. The van der Waals surface area contributed by atoms with Crippen LogP contribution in [0, 0.1) is 6.92 Å². The van der Waals surface area contributed by atoms with Crippen molar-refractivity contribution in [1.82, 2.24) is 14.9 Å². The largest absolute Gasteiger partial charge is 0.370 e. The van der Waals surface area contributed by atoms with Crippen molar-refractivity contribution in [2.75, 3.05) is 37.3 Å². The van der Waals surface area contributed by atoms with Crippen molar-refractivity contribution in [1.29, 1.82) is 0 Å². The molecule has 0 unspecified atom stereocenters. The van der Waals surface area contributed by atoms with Crippen molar-refractivity contribution in [2.45, 2.75) is 52.5 Å². The summed E-state index contributed by atoms with van der Waals surface area (Å²) in [6, 6.07) is 0.518. The van der Waals surface area contributed by atoms with E-state index in [1.165, 1.54) is 12.8 Å². The third-order valence-corrected chi connectivity index (χ3v) is 4.08. The third kappa shape index (κ3) is 4.06. The van der Waals surface area contributed by atoms with E-state index in [9.17, 15) is 0 Å². The van der Waals surface area contributed by atoms with E-state index in [2.05, 4.69) is 55.3 Å². The first-order valence-corrected chi connectivity index (χ1v) is 8.08. The molecule has 1 aromatic rings. The molecule has 5 nitrogen and oxygen atoms in total. The van der Waals surface area contributed by atoms with Crippen LogP contribution in [0.5, 0.6) is 0 Å². The monoisotopic (exact) mass is 291 g/mol. The summed E-state index contributed by atoms with van der Waals surface area (Å²) in [5.74, 6) is 3.21. The van der Waals surface area contributed by atoms with Gasteiger partial charge in [0.15, 0.2) is 0 Å². The number of rotatable bonds is 5. The van der Waals surface area contributed by atoms with Crippen LogP contribution in [0.3, 0.4) is 0 Å². The molecule has 0 radical (unpaired) electrons. The molecule has 2 rings (SSSR count). The molecule has 0 aliphatic carbocycles. The lowest BCUT2D eigenvalue weighted by molar-refractivity contribution is 0.263. The number of aromatic nitrogens is 2. The van der Waals surface area contributed by atoms with Crippen molar-refractivity contribution in [3.8, 4) is 0 Å². The summed E-state index contributed by atoms with van der Waals surface area (Å²) in [6.07, 6.45) is 2.35. The van der Waals surface area contributed by atoms with Crippen molar-refractivity contribution < 1.29 is 0 Å². The summed E-state index contributed by atoms with van der Waals surface area (Å²) in [4.78, 5) is 11.8. The van der Waals surface area contributed by atoms with Gasteiger partial charge in [0.2, 0.25) is 0 Å². The second-order valence-corrected chi connectivity index (χ2v) is 6.31. The van der Waals surface area contributed by atoms with Gasteiger partial charge in [-0.3, -0.25) is 0 Å². The van der Waals surface area contributed by atoms with Crippen LogP contribution in [0.25, 0.3) is 0 Å². The van der Waals surface area contributed by atoms with Gasteiger partial charge >= 0.3 is 0 Å². The average molecular weight is 291 g/mol. The van der Waals surface area contributed by atoms with Crippen LogP contribution < -0.4 is 10.6 Å². The number of nitrogens with zero attached hydrogens (tertiary/aromatic N) is 3. The normalized spacial score (nSPS) is 17.2. The zero-order valence-electron chi connectivity index (χ0n) is 14.0. The topological polar surface area (TPSA) is 53.1 Å². The molecule has 0 aromatic carbocycles. The first kappa shape index (κ1) is 16.0. The van der Waals surface area contributed by atoms with Crippen LogP contribution in [0.4, 0.5) is 11.6 Å². The molecule has 0 bridgehead atoms. The predicted molar refractivity (Wildman–Crippen MR) is 89.2 cm³/mol. The van der Waals surface area contributed by atoms with Crippen LogP contribution in [0.15, 0.2) is 0 Å². The Morgan fingerprint density at radius 3 is 2.38 bits per heavy atom. The molecule has 0 spiro atoms. The number of likely N-dealkylation sites (tertiary alicyclic amines) is 1. The summed E-state index contributed by atoms with van der Waals surface area (Å²) in [7, 11) is 2.19. The molecular formula is C16H29N5. The van der Waals surface area contributed by atoms with Crippen LogP contribution in [0.2, 0.25) is 0 Å². The van der Waals surface area contributed by atoms with E-state index in [0.29, 0.717) is 12.0 Å². The van der Waals surface area contributed by atoms with Crippen LogP contribution >= 0.6 is 0 Å². The van der Waals surface area contributed by atoms with E-state index in [0.717, 1.165) is 42.7 Å². The van der Waals surface area contributed by atoms with Crippen molar-refractivity contribution in [2.24, 2.45) is 0 Å². The predicted octanol–water partition coefficient (Wildman–Crippen LogP) is 2.85. The summed E-state index contributed by atoms with van der Waals surface area (Å²) in [5, 5.41) is 7.00. The van der Waals surface area contributed by atoms with Crippen LogP contribution in [-0.4, -0.2) is 47.6 Å². The number of hydrogen-bond donors (Lipinski definition) is 2. The first-order valence-electron chi connectivity index (χ1n) is 8.08. The minimum absolute atomic E-state index is 0.334. The molecule has 2 N–H and O–H groups in total. The fourth-order valence-corrected chi connectivity index (χ4v) is 2.62. The number of anilines is 2. The third-order valence-electron chi connectivity index (χ3n) is 4.08. The second-order valence-electron chi connectivity index (χ2n) is 6.31. The molecule has 0 saturated carbocycles. The molecule has 0 atom stereocenters. The van der Waals surface area contributed by atoms with Crippen molar-refractivity contribution >= 4 is 11.6 Å². The van der Waals surface area contributed by atoms with Gasteiger partial charge in [0, 0.05) is 24.1 Å². The lowest BCUT2D eigenvalue weighted by Crippen LogP contribution is -2.37. The number of nitrogens with one attached hydrogen (secondary N) is 2. The molecule has 2 heterocycles. The molecule has 0 amide bonds. The van der Waals surface area contributed by atoms with Gasteiger partial charge in [-0.15, -0.1) is 0 Å². The van der Waals surface area contributed by atoms with Gasteiger partial charge in [0.05, 0.1) is 0 Å². The van der Waals surface area contributed by atoms with Gasteiger partial charge in [0.1, 0.15) is 17.5 Å². The molecule has 1 saturated heterocycles. The average Bonchev–Trinajstić information content (AvgIpc) is 2.45. The maximum absolute atomic E-state index is 4.75. The number of hydrogen-bond acceptors (Lipinski definition) is 5. The number of piperidine rings is 1. The molecule has 21 heavy (non-hydrogen) atoms. The SMILES string of the molecule is CCNc1nc(C(C)C)nc(NC2CCN(C)CC2)c1C. The van der Waals surface area contributed by atoms with Gasteiger partial charge in [-0.05, 0) is 46.8 Å². The van der Waals surface area contributed by atoms with E-state index in [-0.39, 0.29) is 0 Å². The lowest BCUT2D eigenvalue weighted by Gasteiger charge is -2.30. The maximum Gasteiger partial charge on any atom is 0.135 e. The molecule has 1 aliphatic heterocycles. The zero-order valence-corrected chi connectivity index (χ0v) is 14.0. The quantitative estimate of drug-likeness (QED) is 0.873. The summed E-state index contributed by atoms with van der Waals surface area (Å²) in [5.41, 5.74) is 1.13. The fraction of sp³-hybridized carbons (Fsp3) is 0.750. The lowest BCUT2D eigenvalue weighted by atomic mass is 10.1. The summed E-state index contributed by atoms with van der Waals surface area (Å²) < 4.78 is 0. The van der Waals surface area contributed by atoms with Gasteiger partial charge in [-0.25, -0.2) is 9.97 Å². The van der Waals surface area contributed by atoms with Crippen LogP contribution in [0.1, 0.15) is 50.9 Å². The van der Waals surface area contributed by atoms with Gasteiger partial charge in [0.25, 0.3) is 0 Å². The van der Waals surface area contributed by atoms with Gasteiger partial charge < -0.3 is 15.5 Å². The molecular weight excluding hydrogens is 262 g/mol. The molecule has 5 heteroatoms. The Bertz CT molecular complexity index is 464. The summed E-state index contributed by atoms with van der Waals surface area (Å²) >= 11 is 0. The van der Waals surface area contributed by atoms with E-state index in [1.54, 1.807) is 0 Å². The Balaban J connectivity index is 2.20. The minimum Gasteiger partial charge on any atom is -0.370 e. The highest BCUT2D eigenvalue weighted by atomic mass is 15.1. The maximum atomic E-state index is 4.75. The Morgan fingerprint density at radius 1 is 1.19 bits per heavy atom. The van der Waals surface area contributed by atoms with Gasteiger partial charge in [-0.1, -0.05) is 13.8 Å². The fourth-order valence-electron chi connectivity index (χ4n) is 2.62. The first-order chi connectivity index (χ1) is 10.0. The Kier molecular flexibility index (Phi) is 5.39. The highest BCUT2D eigenvalue weighted by Crippen LogP contribution is 2.25. The Hall–Kier alpha value is -1.36. The Morgan fingerprint density at radius 2 is 1.81 bits per heavy atom. The van der Waals surface area contributed by atoms with Crippen molar-refractivity contribution in [3.63, 3.8) is 0 Å². The van der Waals surface area contributed by atoms with E-state index >= 15 is 0 Å². The molecule has 1 aliphatic rings. The van der Waals surface area contributed by atoms with Crippen molar-refractivity contribution in [3.05, 3.63) is 11.4 Å². The Labute approximate surface area is 128 Å².